The molecule has 1 aromatic heterocycles. The quantitative estimate of drug-likeness (QED) is 0.530. The molecule has 0 saturated heterocycles. The number of carbonyl (C=O) groups excluding carboxylic acids is 1. The number of aromatic nitrogens is 2. The molecule has 5 heteroatoms. The van der Waals surface area contributed by atoms with Gasteiger partial charge in [0.15, 0.2) is 6.04 Å². The van der Waals surface area contributed by atoms with Crippen molar-refractivity contribution in [3.05, 3.63) is 47.0 Å². The number of aromatic amines is 1. The van der Waals surface area contributed by atoms with E-state index in [1.165, 1.54) is 48.8 Å². The minimum atomic E-state index is -0.469. The summed E-state index contributed by atoms with van der Waals surface area (Å²) in [6, 6.07) is 3.76. The Kier molecular flexibility index (Phi) is 5.28. The third kappa shape index (κ3) is 3.54. The SMILES string of the molecule is Cc1cc(OC(=O)C([NH3+])Cc2cnc[nH]2)cc2c1[C@]1(C)CCC3C(C)(C)CCC[C@]3(C)[C@H]1C2. The number of benzene rings is 1. The highest BCUT2D eigenvalue weighted by molar-refractivity contribution is 5.77. The second-order valence-corrected chi connectivity index (χ2v) is 12.3. The lowest BCUT2D eigenvalue weighted by atomic mass is 9.43. The zero-order valence-corrected chi connectivity index (χ0v) is 21.0. The van der Waals surface area contributed by atoms with Gasteiger partial charge < -0.3 is 15.5 Å². The van der Waals surface area contributed by atoms with Crippen LogP contribution in [0.5, 0.6) is 5.75 Å². The molecule has 5 nitrogen and oxygen atoms in total. The van der Waals surface area contributed by atoms with Crippen LogP contribution in [0.4, 0.5) is 0 Å². The zero-order chi connectivity index (χ0) is 23.6. The summed E-state index contributed by atoms with van der Waals surface area (Å²) in [7, 11) is 0. The van der Waals surface area contributed by atoms with Crippen LogP contribution >= 0.6 is 0 Å². The molecule has 4 N–H and O–H groups in total. The number of fused-ring (bicyclic) bond motifs is 5. The first-order valence-corrected chi connectivity index (χ1v) is 12.7. The number of imidazole rings is 1. The number of H-pyrrole nitrogens is 1. The van der Waals surface area contributed by atoms with Crippen LogP contribution in [-0.4, -0.2) is 22.0 Å². The number of aryl methyl sites for hydroxylation is 1. The van der Waals surface area contributed by atoms with Gasteiger partial charge in [0.2, 0.25) is 0 Å². The number of carbonyl (C=O) groups is 1. The summed E-state index contributed by atoms with van der Waals surface area (Å²) in [6.07, 6.45) is 11.6. The normalized spacial score (nSPS) is 33.0. The van der Waals surface area contributed by atoms with Crippen LogP contribution in [0.3, 0.4) is 0 Å². The molecule has 0 spiro atoms. The fourth-order valence-electron chi connectivity index (χ4n) is 8.43. The van der Waals surface area contributed by atoms with Gasteiger partial charge in [-0.15, -0.1) is 0 Å². The Labute approximate surface area is 197 Å². The average Bonchev–Trinajstić information content (AvgIpc) is 3.33. The maximum Gasteiger partial charge on any atom is 0.370 e. The van der Waals surface area contributed by atoms with Gasteiger partial charge in [-0.25, -0.2) is 9.78 Å². The van der Waals surface area contributed by atoms with E-state index in [1.807, 2.05) is 0 Å². The second-order valence-electron chi connectivity index (χ2n) is 12.3. The first kappa shape index (κ1) is 22.6. The van der Waals surface area contributed by atoms with Crippen molar-refractivity contribution in [1.82, 2.24) is 9.97 Å². The molecule has 5 rings (SSSR count). The van der Waals surface area contributed by atoms with Crippen molar-refractivity contribution in [2.45, 2.75) is 91.0 Å². The van der Waals surface area contributed by atoms with E-state index in [1.54, 1.807) is 12.5 Å². The summed E-state index contributed by atoms with van der Waals surface area (Å²) in [6.45, 7) is 12.3. The maximum atomic E-state index is 12.8. The standard InChI is InChI=1S/C28H39N3O2/c1-17-11-20(33-25(32)21(29)14-19-15-30-16-31-19)12-18-13-23-27(4)9-6-8-26(2,3)22(27)7-10-28(23,5)24(17)18/h11-12,15-16,21-23H,6-10,13-14,29H2,1-5H3,(H,30,31)/p+1/t21?,22?,23-,27+,28-/m1/s1. The van der Waals surface area contributed by atoms with Crippen LogP contribution in [0, 0.1) is 29.6 Å². The molecule has 0 aliphatic heterocycles. The van der Waals surface area contributed by atoms with Crippen molar-refractivity contribution in [3.63, 3.8) is 0 Å². The Balaban J connectivity index is 1.41. The molecule has 0 bridgehead atoms. The first-order valence-electron chi connectivity index (χ1n) is 12.7. The summed E-state index contributed by atoms with van der Waals surface area (Å²) in [5, 5.41) is 0. The number of nitrogens with zero attached hydrogens (tertiary/aromatic N) is 1. The average molecular weight is 451 g/mol. The first-order chi connectivity index (χ1) is 15.5. The zero-order valence-electron chi connectivity index (χ0n) is 21.0. The fourth-order valence-corrected chi connectivity index (χ4v) is 8.43. The van der Waals surface area contributed by atoms with Crippen molar-refractivity contribution in [2.24, 2.45) is 22.7 Å². The van der Waals surface area contributed by atoms with E-state index < -0.39 is 6.04 Å². The van der Waals surface area contributed by atoms with Crippen LogP contribution in [0.2, 0.25) is 0 Å². The lowest BCUT2D eigenvalue weighted by Crippen LogP contribution is -2.67. The van der Waals surface area contributed by atoms with E-state index in [4.69, 9.17) is 4.74 Å². The van der Waals surface area contributed by atoms with Crippen molar-refractivity contribution < 1.29 is 15.3 Å². The topological polar surface area (TPSA) is 82.6 Å². The number of nitrogens with one attached hydrogen (secondary N) is 1. The number of quaternary nitrogens is 1. The van der Waals surface area contributed by atoms with Crippen molar-refractivity contribution >= 4 is 5.97 Å². The number of esters is 1. The molecule has 3 aliphatic rings. The van der Waals surface area contributed by atoms with Crippen molar-refractivity contribution in [2.75, 3.05) is 0 Å². The number of rotatable bonds is 4. The van der Waals surface area contributed by atoms with Gasteiger partial charge in [0.05, 0.1) is 12.7 Å². The number of hydrogen-bond donors (Lipinski definition) is 2. The molecule has 0 radical (unpaired) electrons. The van der Waals surface area contributed by atoms with Gasteiger partial charge in [0, 0.05) is 11.9 Å². The van der Waals surface area contributed by atoms with E-state index in [2.05, 4.69) is 62.5 Å². The minimum Gasteiger partial charge on any atom is -0.422 e. The van der Waals surface area contributed by atoms with E-state index in [9.17, 15) is 4.79 Å². The third-order valence-electron chi connectivity index (χ3n) is 9.75. The summed E-state index contributed by atoms with van der Waals surface area (Å²) < 4.78 is 5.85. The highest BCUT2D eigenvalue weighted by Gasteiger charge is 2.61. The smallest absolute Gasteiger partial charge is 0.370 e. The molecule has 2 unspecified atom stereocenters. The Bertz CT molecular complexity index is 1060. The van der Waals surface area contributed by atoms with Crippen LogP contribution in [0.25, 0.3) is 0 Å². The molecule has 0 amide bonds. The molecule has 1 aromatic carbocycles. The predicted molar refractivity (Wildman–Crippen MR) is 129 cm³/mol. The Morgan fingerprint density at radius 1 is 1.21 bits per heavy atom. The molecule has 1 heterocycles. The van der Waals surface area contributed by atoms with Crippen LogP contribution in [0.15, 0.2) is 24.7 Å². The fraction of sp³-hybridized carbons (Fsp3) is 0.643. The molecule has 2 aromatic rings. The second kappa shape index (κ2) is 7.69. The molecule has 3 aliphatic carbocycles. The summed E-state index contributed by atoms with van der Waals surface area (Å²) in [5.41, 5.74) is 10.1. The summed E-state index contributed by atoms with van der Waals surface area (Å²) >= 11 is 0. The maximum absolute atomic E-state index is 12.8. The Morgan fingerprint density at radius 2 is 2.00 bits per heavy atom. The summed E-state index contributed by atoms with van der Waals surface area (Å²) in [5.74, 6) is 1.83. The molecule has 178 valence electrons. The van der Waals surface area contributed by atoms with Gasteiger partial charge in [0.1, 0.15) is 5.75 Å². The lowest BCUT2D eigenvalue weighted by Gasteiger charge is -2.61. The molecule has 2 fully saturated rings. The van der Waals surface area contributed by atoms with Gasteiger partial charge >= 0.3 is 5.97 Å². The molecular weight excluding hydrogens is 410 g/mol. The monoisotopic (exact) mass is 450 g/mol. The largest absolute Gasteiger partial charge is 0.422 e. The Hall–Kier alpha value is -2.14. The van der Waals surface area contributed by atoms with E-state index in [0.29, 0.717) is 28.9 Å². The summed E-state index contributed by atoms with van der Waals surface area (Å²) in [4.78, 5) is 19.8. The predicted octanol–water partition coefficient (Wildman–Crippen LogP) is 4.53. The van der Waals surface area contributed by atoms with E-state index in [0.717, 1.165) is 18.0 Å². The van der Waals surface area contributed by atoms with Crippen LogP contribution in [0.1, 0.15) is 82.2 Å². The van der Waals surface area contributed by atoms with Crippen molar-refractivity contribution in [3.8, 4) is 5.75 Å². The highest BCUT2D eigenvalue weighted by atomic mass is 16.5. The number of ether oxygens (including phenoxy) is 1. The van der Waals surface area contributed by atoms with Gasteiger partial charge in [-0.1, -0.05) is 34.1 Å². The molecular formula is C28H40N3O2+. The lowest BCUT2D eigenvalue weighted by molar-refractivity contribution is -0.406. The molecule has 2 saturated carbocycles. The van der Waals surface area contributed by atoms with Crippen molar-refractivity contribution in [1.29, 1.82) is 0 Å². The van der Waals surface area contributed by atoms with Gasteiger partial charge in [-0.2, -0.15) is 0 Å². The van der Waals surface area contributed by atoms with Gasteiger partial charge in [-0.05, 0) is 95.9 Å². The Morgan fingerprint density at radius 3 is 2.73 bits per heavy atom. The molecule has 33 heavy (non-hydrogen) atoms. The highest BCUT2D eigenvalue weighted by Crippen LogP contribution is 2.67. The van der Waals surface area contributed by atoms with E-state index >= 15 is 0 Å². The van der Waals surface area contributed by atoms with Gasteiger partial charge in [-0.3, -0.25) is 0 Å². The minimum absolute atomic E-state index is 0.218. The third-order valence-corrected chi connectivity index (χ3v) is 9.75. The van der Waals surface area contributed by atoms with Gasteiger partial charge in [0.25, 0.3) is 0 Å². The number of hydrogen-bond acceptors (Lipinski definition) is 3. The van der Waals surface area contributed by atoms with E-state index in [-0.39, 0.29) is 11.4 Å². The van der Waals surface area contributed by atoms with Crippen LogP contribution in [-0.2, 0) is 23.1 Å². The van der Waals surface area contributed by atoms with Crippen LogP contribution < -0.4 is 10.5 Å². The molecule has 5 atom stereocenters.